The summed E-state index contributed by atoms with van der Waals surface area (Å²) >= 11 is 0. The summed E-state index contributed by atoms with van der Waals surface area (Å²) in [5.74, 6) is -0.660. The van der Waals surface area contributed by atoms with Crippen molar-refractivity contribution >= 4 is 10.9 Å². The molecule has 1 aromatic carbocycles. The zero-order valence-corrected chi connectivity index (χ0v) is 9.95. The minimum absolute atomic E-state index is 0.304. The first-order valence-corrected chi connectivity index (χ1v) is 5.77. The van der Waals surface area contributed by atoms with Gasteiger partial charge in [0.2, 0.25) is 0 Å². The fraction of sp³-hybridized carbons (Fsp3) is 0.0714. The van der Waals surface area contributed by atoms with Crippen LogP contribution in [0.4, 0.5) is 0 Å². The van der Waals surface area contributed by atoms with Gasteiger partial charge in [-0.25, -0.2) is 9.59 Å². The third-order valence-corrected chi connectivity index (χ3v) is 2.89. The van der Waals surface area contributed by atoms with Crippen molar-refractivity contribution in [2.75, 3.05) is 0 Å². The molecule has 2 aromatic heterocycles. The summed E-state index contributed by atoms with van der Waals surface area (Å²) in [6.45, 7) is 0.351. The van der Waals surface area contributed by atoms with Crippen LogP contribution < -0.4 is 11.4 Å². The maximum absolute atomic E-state index is 11.8. The Morgan fingerprint density at radius 2 is 1.89 bits per heavy atom. The van der Waals surface area contributed by atoms with E-state index in [0.29, 0.717) is 17.4 Å². The maximum Gasteiger partial charge on any atom is 0.422 e. The number of hydrogen-bond donors (Lipinski definition) is 0. The van der Waals surface area contributed by atoms with Crippen LogP contribution >= 0.6 is 0 Å². The van der Waals surface area contributed by atoms with Gasteiger partial charge in [0.05, 0.1) is 12.1 Å². The predicted octanol–water partition coefficient (Wildman–Crippen LogP) is 1.40. The second-order valence-corrected chi connectivity index (χ2v) is 4.12. The molecule has 0 bridgehead atoms. The highest BCUT2D eigenvalue weighted by molar-refractivity contribution is 5.76. The summed E-state index contributed by atoms with van der Waals surface area (Å²) in [7, 11) is 0. The highest BCUT2D eigenvalue weighted by Crippen LogP contribution is 2.08. The molecule has 0 N–H and O–H groups in total. The number of benzene rings is 1. The van der Waals surface area contributed by atoms with Crippen molar-refractivity contribution in [3.8, 4) is 0 Å². The molecule has 5 nitrogen and oxygen atoms in total. The number of pyridine rings is 1. The lowest BCUT2D eigenvalue weighted by Gasteiger charge is -2.07. The topological polar surface area (TPSA) is 65.1 Å². The summed E-state index contributed by atoms with van der Waals surface area (Å²) in [5, 5.41) is 0.304. The van der Waals surface area contributed by atoms with Gasteiger partial charge in [-0.1, -0.05) is 30.3 Å². The first-order valence-electron chi connectivity index (χ1n) is 5.77. The van der Waals surface area contributed by atoms with Crippen LogP contribution in [0.15, 0.2) is 62.8 Å². The van der Waals surface area contributed by atoms with Gasteiger partial charge in [0.1, 0.15) is 5.39 Å². The van der Waals surface area contributed by atoms with Crippen LogP contribution in [0.2, 0.25) is 0 Å². The van der Waals surface area contributed by atoms with Gasteiger partial charge in [0, 0.05) is 12.4 Å². The average molecular weight is 254 g/mol. The maximum atomic E-state index is 11.8. The summed E-state index contributed by atoms with van der Waals surface area (Å²) in [6.07, 6.45) is 2.95. The third-order valence-electron chi connectivity index (χ3n) is 2.89. The zero-order chi connectivity index (χ0) is 13.2. The van der Waals surface area contributed by atoms with Gasteiger partial charge in [-0.15, -0.1) is 0 Å². The number of nitrogens with zero attached hydrogens (tertiary/aromatic N) is 2. The van der Waals surface area contributed by atoms with Crippen LogP contribution in [0.5, 0.6) is 0 Å². The molecular weight excluding hydrogens is 244 g/mol. The number of hydrogen-bond acceptors (Lipinski definition) is 4. The summed E-state index contributed by atoms with van der Waals surface area (Å²) in [5.41, 5.74) is 0.828. The van der Waals surface area contributed by atoms with Gasteiger partial charge in [-0.05, 0) is 11.6 Å². The highest BCUT2D eigenvalue weighted by atomic mass is 16.4. The second kappa shape index (κ2) is 4.53. The zero-order valence-electron chi connectivity index (χ0n) is 9.95. The van der Waals surface area contributed by atoms with Crippen molar-refractivity contribution in [2.24, 2.45) is 0 Å². The quantitative estimate of drug-likeness (QED) is 0.693. The lowest BCUT2D eigenvalue weighted by atomic mass is 10.2. The molecule has 0 aliphatic rings. The minimum Gasteiger partial charge on any atom is -0.372 e. The molecular formula is C14H10N2O3. The van der Waals surface area contributed by atoms with Gasteiger partial charge in [-0.3, -0.25) is 9.55 Å². The average Bonchev–Trinajstić information content (AvgIpc) is 2.45. The van der Waals surface area contributed by atoms with E-state index in [1.807, 2.05) is 30.3 Å². The van der Waals surface area contributed by atoms with Crippen LogP contribution in [0.25, 0.3) is 10.9 Å². The number of fused-ring (bicyclic) bond motifs is 1. The van der Waals surface area contributed by atoms with Crippen molar-refractivity contribution in [3.63, 3.8) is 0 Å². The number of aromatic nitrogens is 2. The van der Waals surface area contributed by atoms with Gasteiger partial charge in [-0.2, -0.15) is 0 Å². The van der Waals surface area contributed by atoms with Crippen molar-refractivity contribution < 1.29 is 4.42 Å². The van der Waals surface area contributed by atoms with E-state index in [9.17, 15) is 9.59 Å². The highest BCUT2D eigenvalue weighted by Gasteiger charge is 2.09. The Balaban J connectivity index is 2.24. The molecule has 0 radical (unpaired) electrons. The lowest BCUT2D eigenvalue weighted by molar-refractivity contribution is 0.424. The smallest absolute Gasteiger partial charge is 0.372 e. The normalized spacial score (nSPS) is 10.7. The van der Waals surface area contributed by atoms with Crippen LogP contribution in [0.3, 0.4) is 0 Å². The summed E-state index contributed by atoms with van der Waals surface area (Å²) < 4.78 is 6.13. The van der Waals surface area contributed by atoms with E-state index in [2.05, 4.69) is 4.98 Å². The Kier molecular flexibility index (Phi) is 2.72. The monoisotopic (exact) mass is 254 g/mol. The molecule has 19 heavy (non-hydrogen) atoms. The van der Waals surface area contributed by atoms with E-state index in [0.717, 1.165) is 5.56 Å². The van der Waals surface area contributed by atoms with Crippen LogP contribution in [-0.2, 0) is 6.54 Å². The number of rotatable bonds is 2. The van der Waals surface area contributed by atoms with Crippen molar-refractivity contribution in [1.29, 1.82) is 0 Å². The van der Waals surface area contributed by atoms with Crippen molar-refractivity contribution in [3.05, 3.63) is 75.3 Å². The minimum atomic E-state index is -0.660. The lowest BCUT2D eigenvalue weighted by Crippen LogP contribution is -2.25. The third kappa shape index (κ3) is 2.06. The Morgan fingerprint density at radius 3 is 2.68 bits per heavy atom. The molecule has 0 fully saturated rings. The van der Waals surface area contributed by atoms with Crippen LogP contribution in [0.1, 0.15) is 5.56 Å². The second-order valence-electron chi connectivity index (χ2n) is 4.12. The Morgan fingerprint density at radius 1 is 1.11 bits per heavy atom. The molecule has 0 aliphatic carbocycles. The first kappa shape index (κ1) is 11.4. The molecule has 0 spiro atoms. The first-order chi connectivity index (χ1) is 9.25. The van der Waals surface area contributed by atoms with E-state index in [4.69, 9.17) is 4.42 Å². The van der Waals surface area contributed by atoms with Crippen molar-refractivity contribution in [2.45, 2.75) is 6.54 Å². The molecule has 0 saturated heterocycles. The predicted molar refractivity (Wildman–Crippen MR) is 70.1 cm³/mol. The molecule has 5 heteroatoms. The van der Waals surface area contributed by atoms with Crippen LogP contribution in [-0.4, -0.2) is 9.55 Å². The molecule has 0 saturated carbocycles. The van der Waals surface area contributed by atoms with E-state index in [1.54, 1.807) is 12.3 Å². The van der Waals surface area contributed by atoms with Gasteiger partial charge < -0.3 is 4.42 Å². The SMILES string of the molecule is O=c1oc(=O)n(Cc2ccccc2)c2ccncc12. The molecule has 3 aromatic rings. The Bertz CT molecular complexity index is 834. The molecule has 0 aliphatic heterocycles. The van der Waals surface area contributed by atoms with E-state index >= 15 is 0 Å². The molecule has 3 rings (SSSR count). The molecule has 94 valence electrons. The van der Waals surface area contributed by atoms with Crippen molar-refractivity contribution in [1.82, 2.24) is 9.55 Å². The van der Waals surface area contributed by atoms with Crippen LogP contribution in [0, 0.1) is 0 Å². The molecule has 0 atom stereocenters. The van der Waals surface area contributed by atoms with Gasteiger partial charge >= 0.3 is 11.4 Å². The fourth-order valence-corrected chi connectivity index (χ4v) is 1.98. The summed E-state index contributed by atoms with van der Waals surface area (Å²) in [4.78, 5) is 27.3. The Labute approximate surface area is 107 Å². The van der Waals surface area contributed by atoms with Gasteiger partial charge in [0.25, 0.3) is 0 Å². The molecule has 2 heterocycles. The van der Waals surface area contributed by atoms with E-state index in [-0.39, 0.29) is 0 Å². The standard InChI is InChI=1S/C14H10N2O3/c17-13-11-8-15-7-6-12(11)16(14(18)19-13)9-10-4-2-1-3-5-10/h1-8H,9H2. The summed E-state index contributed by atoms with van der Waals surface area (Å²) in [6, 6.07) is 11.1. The van der Waals surface area contributed by atoms with E-state index in [1.165, 1.54) is 10.8 Å². The van der Waals surface area contributed by atoms with Gasteiger partial charge in [0.15, 0.2) is 0 Å². The molecule has 0 unspecified atom stereocenters. The van der Waals surface area contributed by atoms with E-state index < -0.39 is 11.4 Å². The largest absolute Gasteiger partial charge is 0.422 e. The fourth-order valence-electron chi connectivity index (χ4n) is 1.98. The Hall–Kier alpha value is -2.69. The molecule has 0 amide bonds.